The Kier molecular flexibility index (Phi) is 4.62. The molecule has 0 aromatic carbocycles. The maximum atomic E-state index is 12.2. The predicted octanol–water partition coefficient (Wildman–Crippen LogP) is 0.813. The number of imidazole rings is 1. The van der Waals surface area contributed by atoms with E-state index in [1.54, 1.807) is 11.5 Å². The van der Waals surface area contributed by atoms with Gasteiger partial charge in [-0.2, -0.15) is 8.42 Å². The van der Waals surface area contributed by atoms with E-state index in [0.29, 0.717) is 17.2 Å². The minimum absolute atomic E-state index is 0.0416. The number of nitrogens with zero attached hydrogens (tertiary/aromatic N) is 3. The fourth-order valence-corrected chi connectivity index (χ4v) is 3.55. The Bertz CT molecular complexity index is 796. The first-order chi connectivity index (χ1) is 9.96. The van der Waals surface area contributed by atoms with Gasteiger partial charge in [0.25, 0.3) is 10.0 Å². The summed E-state index contributed by atoms with van der Waals surface area (Å²) in [6.07, 6.45) is 2.93. The van der Waals surface area contributed by atoms with E-state index in [1.807, 2.05) is 6.92 Å². The standard InChI is InChI=1S/C12H14N4O3S2/c1-3-16-8-11(14-9(16)2)21(18,19)15-12-13-7-10(20-12)5-4-6-17/h7-8,17H,3,6H2,1-2H3,(H,13,15). The third-order valence-corrected chi connectivity index (χ3v) is 4.75. The zero-order valence-electron chi connectivity index (χ0n) is 11.5. The first-order valence-corrected chi connectivity index (χ1v) is 8.38. The number of anilines is 1. The number of aliphatic hydroxyl groups excluding tert-OH is 1. The normalized spacial score (nSPS) is 11.0. The van der Waals surface area contributed by atoms with E-state index in [1.165, 1.54) is 12.4 Å². The zero-order valence-corrected chi connectivity index (χ0v) is 13.1. The van der Waals surface area contributed by atoms with E-state index >= 15 is 0 Å². The van der Waals surface area contributed by atoms with Gasteiger partial charge in [0.2, 0.25) is 0 Å². The molecule has 0 fully saturated rings. The summed E-state index contributed by atoms with van der Waals surface area (Å²) in [5.41, 5.74) is 0. The highest BCUT2D eigenvalue weighted by atomic mass is 32.2. The molecule has 2 rings (SSSR count). The molecule has 0 atom stereocenters. The maximum absolute atomic E-state index is 12.2. The highest BCUT2D eigenvalue weighted by molar-refractivity contribution is 7.92. The van der Waals surface area contributed by atoms with E-state index in [-0.39, 0.29) is 16.8 Å². The smallest absolute Gasteiger partial charge is 0.282 e. The van der Waals surface area contributed by atoms with Crippen molar-refractivity contribution in [1.29, 1.82) is 0 Å². The second-order valence-electron chi connectivity index (χ2n) is 4.01. The molecule has 2 aromatic rings. The Morgan fingerprint density at radius 3 is 2.90 bits per heavy atom. The summed E-state index contributed by atoms with van der Waals surface area (Å²) in [5.74, 6) is 5.77. The van der Waals surface area contributed by atoms with Crippen molar-refractivity contribution in [3.63, 3.8) is 0 Å². The van der Waals surface area contributed by atoms with Gasteiger partial charge >= 0.3 is 0 Å². The maximum Gasteiger partial charge on any atom is 0.282 e. The van der Waals surface area contributed by atoms with Crippen LogP contribution in [0.2, 0.25) is 0 Å². The van der Waals surface area contributed by atoms with Crippen LogP contribution < -0.4 is 4.72 Å². The molecule has 9 heteroatoms. The lowest BCUT2D eigenvalue weighted by atomic mass is 10.5. The Hall–Kier alpha value is -1.89. The molecule has 0 aliphatic carbocycles. The van der Waals surface area contributed by atoms with E-state index in [2.05, 4.69) is 26.5 Å². The second-order valence-corrected chi connectivity index (χ2v) is 6.67. The number of aliphatic hydroxyl groups is 1. The molecular weight excluding hydrogens is 312 g/mol. The largest absolute Gasteiger partial charge is 0.384 e. The van der Waals surface area contributed by atoms with Crippen molar-refractivity contribution in [3.05, 3.63) is 23.1 Å². The van der Waals surface area contributed by atoms with Crippen molar-refractivity contribution in [3.8, 4) is 11.8 Å². The Morgan fingerprint density at radius 2 is 2.29 bits per heavy atom. The molecule has 2 N–H and O–H groups in total. The number of aryl methyl sites for hydroxylation is 2. The van der Waals surface area contributed by atoms with Crippen LogP contribution in [0.4, 0.5) is 5.13 Å². The fourth-order valence-electron chi connectivity index (χ4n) is 1.60. The number of thiazole rings is 1. The molecule has 0 spiro atoms. The van der Waals surface area contributed by atoms with Gasteiger partial charge in [0.05, 0.1) is 11.1 Å². The molecule has 0 saturated carbocycles. The molecule has 0 aliphatic heterocycles. The van der Waals surface area contributed by atoms with Gasteiger partial charge in [0.15, 0.2) is 10.2 Å². The summed E-state index contributed by atoms with van der Waals surface area (Å²) in [5, 5.41) is 8.78. The molecule has 0 saturated heterocycles. The number of hydrogen-bond acceptors (Lipinski definition) is 6. The van der Waals surface area contributed by atoms with Crippen LogP contribution in [0.5, 0.6) is 0 Å². The molecule has 0 bridgehead atoms. The van der Waals surface area contributed by atoms with Crippen LogP contribution in [0.1, 0.15) is 17.6 Å². The molecule has 112 valence electrons. The van der Waals surface area contributed by atoms with Crippen LogP contribution in [0, 0.1) is 18.8 Å². The summed E-state index contributed by atoms with van der Waals surface area (Å²) in [6, 6.07) is 0. The van der Waals surface area contributed by atoms with Gasteiger partial charge in [-0.3, -0.25) is 4.72 Å². The summed E-state index contributed by atoms with van der Waals surface area (Å²) in [7, 11) is -3.76. The van der Waals surface area contributed by atoms with Gasteiger partial charge in [0, 0.05) is 12.7 Å². The SMILES string of the molecule is CCn1cc(S(=O)(=O)Nc2ncc(C#CCO)s2)nc1C. The molecule has 0 unspecified atom stereocenters. The van der Waals surface area contributed by atoms with E-state index in [0.717, 1.165) is 11.3 Å². The third-order valence-electron chi connectivity index (χ3n) is 2.59. The molecular formula is C12H14N4O3S2. The van der Waals surface area contributed by atoms with Gasteiger partial charge in [0.1, 0.15) is 12.4 Å². The van der Waals surface area contributed by atoms with Crippen molar-refractivity contribution < 1.29 is 13.5 Å². The Morgan fingerprint density at radius 1 is 1.52 bits per heavy atom. The van der Waals surface area contributed by atoms with Crippen LogP contribution >= 0.6 is 11.3 Å². The first kappa shape index (κ1) is 15.5. The van der Waals surface area contributed by atoms with E-state index in [4.69, 9.17) is 5.11 Å². The molecule has 2 heterocycles. The van der Waals surface area contributed by atoms with Crippen molar-refractivity contribution in [2.45, 2.75) is 25.4 Å². The van der Waals surface area contributed by atoms with Gasteiger partial charge in [-0.25, -0.2) is 9.97 Å². The summed E-state index contributed by atoms with van der Waals surface area (Å²) in [6.45, 7) is 4.04. The number of nitrogens with one attached hydrogen (secondary N) is 1. The van der Waals surface area contributed by atoms with Crippen molar-refractivity contribution in [2.75, 3.05) is 11.3 Å². The van der Waals surface area contributed by atoms with Crippen molar-refractivity contribution >= 4 is 26.5 Å². The minimum Gasteiger partial charge on any atom is -0.384 e. The van der Waals surface area contributed by atoms with Crippen LogP contribution in [0.25, 0.3) is 0 Å². The molecule has 0 aliphatic rings. The van der Waals surface area contributed by atoms with Gasteiger partial charge < -0.3 is 9.67 Å². The predicted molar refractivity (Wildman–Crippen MR) is 79.5 cm³/mol. The minimum atomic E-state index is -3.76. The number of hydrogen-bond donors (Lipinski definition) is 2. The van der Waals surface area contributed by atoms with Gasteiger partial charge in [-0.1, -0.05) is 23.2 Å². The Balaban J connectivity index is 2.22. The van der Waals surface area contributed by atoms with E-state index < -0.39 is 10.0 Å². The summed E-state index contributed by atoms with van der Waals surface area (Å²) >= 11 is 1.09. The molecule has 0 radical (unpaired) electrons. The van der Waals surface area contributed by atoms with Crippen molar-refractivity contribution in [1.82, 2.24) is 14.5 Å². The first-order valence-electron chi connectivity index (χ1n) is 6.08. The monoisotopic (exact) mass is 326 g/mol. The van der Waals surface area contributed by atoms with Crippen LogP contribution in [0.15, 0.2) is 17.4 Å². The molecule has 21 heavy (non-hydrogen) atoms. The van der Waals surface area contributed by atoms with Crippen LogP contribution in [-0.2, 0) is 16.6 Å². The lowest BCUT2D eigenvalue weighted by Crippen LogP contribution is -2.13. The third kappa shape index (κ3) is 3.60. The number of aromatic nitrogens is 3. The molecule has 7 nitrogen and oxygen atoms in total. The second kappa shape index (κ2) is 6.26. The van der Waals surface area contributed by atoms with Crippen LogP contribution in [-0.4, -0.2) is 34.7 Å². The quantitative estimate of drug-likeness (QED) is 0.811. The van der Waals surface area contributed by atoms with Crippen molar-refractivity contribution in [2.24, 2.45) is 0 Å². The lowest BCUT2D eigenvalue weighted by molar-refractivity contribution is 0.350. The molecule has 0 amide bonds. The van der Waals surface area contributed by atoms with Gasteiger partial charge in [-0.15, -0.1) is 0 Å². The fraction of sp³-hybridized carbons (Fsp3) is 0.333. The Labute approximate surface area is 126 Å². The highest BCUT2D eigenvalue weighted by Gasteiger charge is 2.20. The topological polar surface area (TPSA) is 97.1 Å². The van der Waals surface area contributed by atoms with Gasteiger partial charge in [-0.05, 0) is 13.8 Å². The summed E-state index contributed by atoms with van der Waals surface area (Å²) in [4.78, 5) is 8.54. The average molecular weight is 326 g/mol. The zero-order chi connectivity index (χ0) is 15.5. The number of sulfonamides is 1. The van der Waals surface area contributed by atoms with Crippen LogP contribution in [0.3, 0.4) is 0 Å². The average Bonchev–Trinajstić information content (AvgIpc) is 3.02. The summed E-state index contributed by atoms with van der Waals surface area (Å²) < 4.78 is 28.5. The number of rotatable bonds is 4. The lowest BCUT2D eigenvalue weighted by Gasteiger charge is -2.00. The molecule has 2 aromatic heterocycles. The highest BCUT2D eigenvalue weighted by Crippen LogP contribution is 2.21. The van der Waals surface area contributed by atoms with E-state index in [9.17, 15) is 8.42 Å².